The van der Waals surface area contributed by atoms with Crippen LogP contribution in [0.5, 0.6) is 5.88 Å². The van der Waals surface area contributed by atoms with Crippen molar-refractivity contribution in [3.8, 4) is 17.5 Å². The van der Waals surface area contributed by atoms with Gasteiger partial charge in [0.1, 0.15) is 0 Å². The van der Waals surface area contributed by atoms with Crippen LogP contribution in [-0.4, -0.2) is 37.7 Å². The molecule has 30 heavy (non-hydrogen) atoms. The minimum Gasteiger partial charge on any atom is -0.492 e. The monoisotopic (exact) mass is 462 g/mol. The lowest BCUT2D eigenvalue weighted by Crippen LogP contribution is -2.36. The molecule has 5 rings (SSSR count). The minimum absolute atomic E-state index is 0.0787. The van der Waals surface area contributed by atoms with E-state index in [1.807, 2.05) is 12.1 Å². The highest BCUT2D eigenvalue weighted by atomic mass is 35.5. The van der Waals surface area contributed by atoms with Gasteiger partial charge in [-0.1, -0.05) is 47.5 Å². The number of fused-ring (bicyclic) bond motifs is 1. The van der Waals surface area contributed by atoms with Gasteiger partial charge in [0, 0.05) is 10.0 Å². The second-order valence-electron chi connectivity index (χ2n) is 7.68. The number of aromatic hydroxyl groups is 1. The van der Waals surface area contributed by atoms with Gasteiger partial charge < -0.3 is 9.52 Å². The van der Waals surface area contributed by atoms with E-state index in [-0.39, 0.29) is 11.9 Å². The molecule has 6 nitrogen and oxygen atoms in total. The van der Waals surface area contributed by atoms with Crippen molar-refractivity contribution in [1.29, 1.82) is 0 Å². The van der Waals surface area contributed by atoms with Crippen LogP contribution in [0.1, 0.15) is 36.2 Å². The lowest BCUT2D eigenvalue weighted by molar-refractivity contribution is 0.157. The van der Waals surface area contributed by atoms with Crippen molar-refractivity contribution in [2.75, 3.05) is 13.1 Å². The van der Waals surface area contributed by atoms with E-state index in [2.05, 4.69) is 21.9 Å². The summed E-state index contributed by atoms with van der Waals surface area (Å²) in [6.45, 7) is 4.13. The van der Waals surface area contributed by atoms with Gasteiger partial charge in [-0.15, -0.1) is 5.10 Å². The van der Waals surface area contributed by atoms with Gasteiger partial charge in [0.25, 0.3) is 0 Å². The van der Waals surface area contributed by atoms with Crippen LogP contribution < -0.4 is 0 Å². The molecule has 0 aliphatic carbocycles. The fraction of sp³-hybridized carbons (Fsp3) is 0.333. The lowest BCUT2D eigenvalue weighted by Gasteiger charge is -2.36. The van der Waals surface area contributed by atoms with E-state index in [9.17, 15) is 5.11 Å². The molecule has 0 radical (unpaired) electrons. The third-order valence-electron chi connectivity index (χ3n) is 5.63. The van der Waals surface area contributed by atoms with Gasteiger partial charge in [0.15, 0.2) is 5.76 Å². The molecule has 4 heterocycles. The summed E-state index contributed by atoms with van der Waals surface area (Å²) < 4.78 is 6.86. The minimum atomic E-state index is -0.192. The molecule has 1 atom stereocenters. The molecule has 1 aliphatic rings. The number of halogens is 2. The third kappa shape index (κ3) is 3.50. The number of hydrogen-bond acceptors (Lipinski definition) is 6. The number of benzene rings is 1. The van der Waals surface area contributed by atoms with Gasteiger partial charge in [-0.05, 0) is 61.7 Å². The summed E-state index contributed by atoms with van der Waals surface area (Å²) >= 11 is 14.2. The molecule has 1 aliphatic heterocycles. The third-order valence-corrected chi connectivity index (χ3v) is 7.27. The van der Waals surface area contributed by atoms with Crippen LogP contribution in [0.3, 0.4) is 0 Å². The maximum atomic E-state index is 11.1. The van der Waals surface area contributed by atoms with E-state index >= 15 is 0 Å². The van der Waals surface area contributed by atoms with Crippen LogP contribution in [0.2, 0.25) is 10.0 Å². The number of nitrogens with zero attached hydrogens (tertiary/aromatic N) is 4. The Labute approximate surface area is 187 Å². The summed E-state index contributed by atoms with van der Waals surface area (Å²) in [6.07, 6.45) is 3.78. The number of aromatic nitrogens is 3. The van der Waals surface area contributed by atoms with Crippen molar-refractivity contribution in [2.45, 2.75) is 25.8 Å². The molecule has 9 heteroatoms. The molecule has 0 amide bonds. The molecule has 1 N–H and O–H groups in total. The zero-order valence-corrected chi connectivity index (χ0v) is 18.6. The van der Waals surface area contributed by atoms with Crippen LogP contribution in [0, 0.1) is 5.92 Å². The van der Waals surface area contributed by atoms with Gasteiger partial charge in [-0.3, -0.25) is 4.90 Å². The van der Waals surface area contributed by atoms with E-state index in [0.29, 0.717) is 32.5 Å². The number of furan rings is 1. The van der Waals surface area contributed by atoms with Crippen LogP contribution >= 0.6 is 34.5 Å². The van der Waals surface area contributed by atoms with E-state index < -0.39 is 0 Å². The summed E-state index contributed by atoms with van der Waals surface area (Å²) in [5, 5.41) is 16.7. The Morgan fingerprint density at radius 2 is 2.03 bits per heavy atom. The largest absolute Gasteiger partial charge is 0.492 e. The summed E-state index contributed by atoms with van der Waals surface area (Å²) in [5.41, 5.74) is 0.918. The van der Waals surface area contributed by atoms with Crippen LogP contribution in [0.4, 0.5) is 0 Å². The lowest BCUT2D eigenvalue weighted by atomic mass is 9.95. The summed E-state index contributed by atoms with van der Waals surface area (Å²) in [7, 11) is 0. The Kier molecular flexibility index (Phi) is 5.23. The first-order valence-corrected chi connectivity index (χ1v) is 11.4. The molecule has 4 aromatic rings. The Hall–Kier alpha value is -2.06. The fourth-order valence-electron chi connectivity index (χ4n) is 3.95. The Bertz CT molecular complexity index is 1180. The standard InChI is InChI=1S/C21H20Cl2N4O2S/c1-12-6-8-26(9-7-12)17(14-5-4-13(22)11-15(14)23)18-20(28)27-21(30-18)24-19(25-27)16-3-2-10-29-16/h2-5,10-12,17,28H,6-9H2,1H3/t17-/m1/s1. The molecule has 156 valence electrons. The highest BCUT2D eigenvalue weighted by Crippen LogP contribution is 2.44. The predicted molar refractivity (Wildman–Crippen MR) is 119 cm³/mol. The number of piperidine rings is 1. The molecule has 0 saturated carbocycles. The summed E-state index contributed by atoms with van der Waals surface area (Å²) in [4.78, 5) is 8.30. The fourth-order valence-corrected chi connectivity index (χ4v) is 5.57. The Morgan fingerprint density at radius 3 is 2.70 bits per heavy atom. The summed E-state index contributed by atoms with van der Waals surface area (Å²) in [6, 6.07) is 8.92. The zero-order valence-electron chi connectivity index (χ0n) is 16.3. The first-order valence-electron chi connectivity index (χ1n) is 9.82. The number of rotatable bonds is 4. The first-order chi connectivity index (χ1) is 14.5. The topological polar surface area (TPSA) is 66.8 Å². The summed E-state index contributed by atoms with van der Waals surface area (Å²) in [5.74, 6) is 1.78. The Morgan fingerprint density at radius 1 is 1.23 bits per heavy atom. The van der Waals surface area contributed by atoms with Gasteiger partial charge in [-0.2, -0.15) is 9.50 Å². The average molecular weight is 463 g/mol. The van der Waals surface area contributed by atoms with E-state index in [4.69, 9.17) is 27.6 Å². The first kappa shape index (κ1) is 19.9. The van der Waals surface area contributed by atoms with Crippen molar-refractivity contribution in [3.05, 3.63) is 57.1 Å². The quantitative estimate of drug-likeness (QED) is 0.409. The zero-order chi connectivity index (χ0) is 20.8. The SMILES string of the molecule is CC1CCN([C@H](c2ccc(Cl)cc2Cl)c2sc3nc(-c4ccco4)nn3c2O)CC1. The predicted octanol–water partition coefficient (Wildman–Crippen LogP) is 5.88. The van der Waals surface area contributed by atoms with E-state index in [1.54, 1.807) is 24.5 Å². The van der Waals surface area contributed by atoms with Crippen molar-refractivity contribution in [1.82, 2.24) is 19.5 Å². The second-order valence-corrected chi connectivity index (χ2v) is 9.54. The van der Waals surface area contributed by atoms with Gasteiger partial charge in [-0.25, -0.2) is 0 Å². The molecule has 3 aromatic heterocycles. The molecule has 1 aromatic carbocycles. The Balaban J connectivity index is 1.60. The normalized spacial score (nSPS) is 17.0. The van der Waals surface area contributed by atoms with Crippen molar-refractivity contribution >= 4 is 39.5 Å². The number of likely N-dealkylation sites (tertiary alicyclic amines) is 1. The number of thiazole rings is 1. The second kappa shape index (κ2) is 7.89. The average Bonchev–Trinajstić information content (AvgIpc) is 3.44. The highest BCUT2D eigenvalue weighted by molar-refractivity contribution is 7.17. The van der Waals surface area contributed by atoms with Crippen molar-refractivity contribution < 1.29 is 9.52 Å². The molecule has 1 saturated heterocycles. The molecule has 1 fully saturated rings. The maximum absolute atomic E-state index is 11.1. The molecule has 0 spiro atoms. The molecule has 0 unspecified atom stereocenters. The molecular weight excluding hydrogens is 443 g/mol. The van der Waals surface area contributed by atoms with Gasteiger partial charge >= 0.3 is 0 Å². The highest BCUT2D eigenvalue weighted by Gasteiger charge is 2.33. The van der Waals surface area contributed by atoms with Crippen LogP contribution in [-0.2, 0) is 0 Å². The van der Waals surface area contributed by atoms with Gasteiger partial charge in [0.2, 0.25) is 16.7 Å². The molecular formula is C21H20Cl2N4O2S. The van der Waals surface area contributed by atoms with Crippen molar-refractivity contribution in [3.63, 3.8) is 0 Å². The maximum Gasteiger partial charge on any atom is 0.230 e. The van der Waals surface area contributed by atoms with Crippen LogP contribution in [0.25, 0.3) is 16.5 Å². The smallest absolute Gasteiger partial charge is 0.230 e. The van der Waals surface area contributed by atoms with Gasteiger partial charge in [0.05, 0.1) is 17.2 Å². The molecule has 0 bridgehead atoms. The van der Waals surface area contributed by atoms with Crippen LogP contribution in [0.15, 0.2) is 41.0 Å². The van der Waals surface area contributed by atoms with Crippen molar-refractivity contribution in [2.24, 2.45) is 5.92 Å². The number of hydrogen-bond donors (Lipinski definition) is 1. The van der Waals surface area contributed by atoms with E-state index in [1.165, 1.54) is 15.9 Å². The van der Waals surface area contributed by atoms with E-state index in [0.717, 1.165) is 36.4 Å².